The summed E-state index contributed by atoms with van der Waals surface area (Å²) in [5.74, 6) is 1.63. The molecule has 160 valence electrons. The molecule has 0 unspecified atom stereocenters. The average Bonchev–Trinajstić information content (AvgIpc) is 3.19. The van der Waals surface area contributed by atoms with E-state index in [1.54, 1.807) is 0 Å². The summed E-state index contributed by atoms with van der Waals surface area (Å²) >= 11 is 0. The largest absolute Gasteiger partial charge is 0.369 e. The zero-order valence-corrected chi connectivity index (χ0v) is 19.6. The Bertz CT molecular complexity index is 910. The van der Waals surface area contributed by atoms with Crippen LogP contribution >= 0.6 is 24.0 Å². The van der Waals surface area contributed by atoms with Crippen LogP contribution in [-0.4, -0.2) is 43.5 Å². The van der Waals surface area contributed by atoms with E-state index in [4.69, 9.17) is 5.73 Å². The fraction of sp³-hybridized carbons (Fsp3) is 0.409. The third-order valence-electron chi connectivity index (χ3n) is 5.86. The average molecular weight is 520 g/mol. The van der Waals surface area contributed by atoms with Gasteiger partial charge >= 0.3 is 0 Å². The number of piperidine rings is 1. The van der Waals surface area contributed by atoms with Crippen molar-refractivity contribution in [2.24, 2.45) is 16.6 Å². The molecule has 3 N–H and O–H groups in total. The van der Waals surface area contributed by atoms with Crippen LogP contribution in [0.15, 0.2) is 47.6 Å². The molecule has 2 aromatic rings. The molecule has 0 saturated carbocycles. The number of hydrogen-bond acceptors (Lipinski definition) is 4. The van der Waals surface area contributed by atoms with Crippen molar-refractivity contribution < 1.29 is 4.79 Å². The van der Waals surface area contributed by atoms with Crippen molar-refractivity contribution in [2.75, 3.05) is 36.5 Å². The quantitative estimate of drug-likeness (QED) is 0.368. The Morgan fingerprint density at radius 2 is 1.97 bits per heavy atom. The summed E-state index contributed by atoms with van der Waals surface area (Å²) in [5, 5.41) is 3.51. The number of aliphatic imine (C=N–C) groups is 1. The predicted octanol–water partition coefficient (Wildman–Crippen LogP) is 2.54. The molecule has 0 radical (unpaired) electrons. The summed E-state index contributed by atoms with van der Waals surface area (Å²) in [6.45, 7) is 3.17. The van der Waals surface area contributed by atoms with Crippen molar-refractivity contribution in [3.8, 4) is 0 Å². The standard InChI is InChI=1S/C22H28N6O.HI/c1-24-22(28-14-10-16-5-2-3-7-19(16)28)26-15-18-6-4-11-25-21(18)27-12-8-17(9-13-27)20(23)29;/h2-7,11,17H,8-10,12-15H2,1H3,(H2,23,29)(H,24,26);1H. The molecule has 8 heteroatoms. The molecule has 2 aliphatic heterocycles. The maximum atomic E-state index is 11.4. The molecule has 3 heterocycles. The number of rotatable bonds is 4. The van der Waals surface area contributed by atoms with Gasteiger partial charge in [0.1, 0.15) is 5.82 Å². The van der Waals surface area contributed by atoms with Crippen LogP contribution in [0.4, 0.5) is 11.5 Å². The maximum Gasteiger partial charge on any atom is 0.220 e. The number of fused-ring (bicyclic) bond motifs is 1. The fourth-order valence-corrected chi connectivity index (χ4v) is 4.26. The minimum Gasteiger partial charge on any atom is -0.369 e. The van der Waals surface area contributed by atoms with Gasteiger partial charge in [0, 0.05) is 56.6 Å². The lowest BCUT2D eigenvalue weighted by Gasteiger charge is -2.32. The minimum absolute atomic E-state index is 0. The van der Waals surface area contributed by atoms with Crippen LogP contribution in [0.1, 0.15) is 24.0 Å². The Labute approximate surface area is 194 Å². The number of carbonyl (C=O) groups is 1. The molecule has 0 aliphatic carbocycles. The zero-order chi connectivity index (χ0) is 20.2. The molecule has 0 atom stereocenters. The Balaban J connectivity index is 0.00000256. The predicted molar refractivity (Wildman–Crippen MR) is 131 cm³/mol. The van der Waals surface area contributed by atoms with E-state index < -0.39 is 0 Å². The number of guanidine groups is 1. The molecule has 1 saturated heterocycles. The van der Waals surface area contributed by atoms with Gasteiger partial charge in [-0.1, -0.05) is 24.3 Å². The Morgan fingerprint density at radius 1 is 1.20 bits per heavy atom. The number of carbonyl (C=O) groups excluding carboxylic acids is 1. The number of hydrogen-bond donors (Lipinski definition) is 2. The first kappa shape index (κ1) is 22.3. The van der Waals surface area contributed by atoms with Gasteiger partial charge in [-0.3, -0.25) is 9.79 Å². The van der Waals surface area contributed by atoms with Gasteiger partial charge in [0.15, 0.2) is 5.96 Å². The summed E-state index contributed by atoms with van der Waals surface area (Å²) in [6, 6.07) is 12.5. The van der Waals surface area contributed by atoms with Gasteiger partial charge in [0.05, 0.1) is 0 Å². The van der Waals surface area contributed by atoms with Gasteiger partial charge in [0.25, 0.3) is 0 Å². The van der Waals surface area contributed by atoms with Crippen LogP contribution in [0, 0.1) is 5.92 Å². The number of anilines is 2. The van der Waals surface area contributed by atoms with Crippen LogP contribution in [0.5, 0.6) is 0 Å². The van der Waals surface area contributed by atoms with Crippen LogP contribution in [0.25, 0.3) is 0 Å². The molecule has 0 bridgehead atoms. The van der Waals surface area contributed by atoms with Crippen LogP contribution in [0.3, 0.4) is 0 Å². The fourth-order valence-electron chi connectivity index (χ4n) is 4.26. The molecule has 1 aromatic heterocycles. The smallest absolute Gasteiger partial charge is 0.220 e. The van der Waals surface area contributed by atoms with E-state index in [-0.39, 0.29) is 35.8 Å². The molecule has 0 spiro atoms. The number of para-hydroxylation sites is 1. The Hall–Kier alpha value is -2.36. The van der Waals surface area contributed by atoms with Crippen molar-refractivity contribution in [3.63, 3.8) is 0 Å². The maximum absolute atomic E-state index is 11.4. The molecule has 1 aromatic carbocycles. The third-order valence-corrected chi connectivity index (χ3v) is 5.86. The van der Waals surface area contributed by atoms with Gasteiger partial charge < -0.3 is 20.9 Å². The lowest BCUT2D eigenvalue weighted by Crippen LogP contribution is -2.41. The summed E-state index contributed by atoms with van der Waals surface area (Å²) in [4.78, 5) is 25.1. The van der Waals surface area contributed by atoms with E-state index >= 15 is 0 Å². The number of amides is 1. The second-order valence-corrected chi connectivity index (χ2v) is 7.58. The highest BCUT2D eigenvalue weighted by Gasteiger charge is 2.26. The van der Waals surface area contributed by atoms with Gasteiger partial charge in [-0.05, 0) is 37.0 Å². The summed E-state index contributed by atoms with van der Waals surface area (Å²) in [6.07, 6.45) is 4.42. The molecule has 4 rings (SSSR count). The second kappa shape index (κ2) is 10.1. The molecule has 30 heavy (non-hydrogen) atoms. The number of aromatic nitrogens is 1. The number of nitrogens with one attached hydrogen (secondary N) is 1. The van der Waals surface area contributed by atoms with Gasteiger partial charge in [-0.15, -0.1) is 24.0 Å². The number of nitrogens with zero attached hydrogens (tertiary/aromatic N) is 4. The van der Waals surface area contributed by atoms with E-state index in [0.717, 1.165) is 56.2 Å². The summed E-state index contributed by atoms with van der Waals surface area (Å²) < 4.78 is 0. The number of pyridine rings is 1. The monoisotopic (exact) mass is 520 g/mol. The summed E-state index contributed by atoms with van der Waals surface area (Å²) in [7, 11) is 1.82. The summed E-state index contributed by atoms with van der Waals surface area (Å²) in [5.41, 5.74) is 9.17. The van der Waals surface area contributed by atoms with E-state index in [1.165, 1.54) is 11.3 Å². The van der Waals surface area contributed by atoms with Crippen molar-refractivity contribution in [3.05, 3.63) is 53.7 Å². The van der Waals surface area contributed by atoms with Gasteiger partial charge in [-0.25, -0.2) is 4.98 Å². The van der Waals surface area contributed by atoms with E-state index in [0.29, 0.717) is 6.54 Å². The minimum atomic E-state index is -0.192. The number of halogens is 1. The van der Waals surface area contributed by atoms with Gasteiger partial charge in [-0.2, -0.15) is 0 Å². The topological polar surface area (TPSA) is 86.9 Å². The molecule has 7 nitrogen and oxygen atoms in total. The lowest BCUT2D eigenvalue weighted by atomic mass is 9.96. The second-order valence-electron chi connectivity index (χ2n) is 7.58. The van der Waals surface area contributed by atoms with Gasteiger partial charge in [0.2, 0.25) is 5.91 Å². The van der Waals surface area contributed by atoms with Crippen molar-refractivity contribution in [2.45, 2.75) is 25.8 Å². The highest BCUT2D eigenvalue weighted by molar-refractivity contribution is 14.0. The van der Waals surface area contributed by atoms with Crippen molar-refractivity contribution >= 4 is 47.3 Å². The number of primary amides is 1. The van der Waals surface area contributed by atoms with Crippen LogP contribution in [0.2, 0.25) is 0 Å². The zero-order valence-electron chi connectivity index (χ0n) is 17.3. The number of nitrogens with two attached hydrogens (primary N) is 1. The lowest BCUT2D eigenvalue weighted by molar-refractivity contribution is -0.122. The highest BCUT2D eigenvalue weighted by atomic mass is 127. The van der Waals surface area contributed by atoms with Crippen LogP contribution in [-0.2, 0) is 17.8 Å². The number of benzene rings is 1. The normalized spacial score (nSPS) is 16.8. The van der Waals surface area contributed by atoms with E-state index in [1.807, 2.05) is 19.3 Å². The SMILES string of the molecule is CN=C(NCc1cccnc1N1CCC(C(N)=O)CC1)N1CCc2ccccc21.I. The van der Waals surface area contributed by atoms with Crippen molar-refractivity contribution in [1.29, 1.82) is 0 Å². The first-order valence-electron chi connectivity index (χ1n) is 10.2. The molecule has 1 amide bonds. The molecule has 2 aliphatic rings. The third kappa shape index (κ3) is 4.69. The van der Waals surface area contributed by atoms with Crippen LogP contribution < -0.4 is 20.9 Å². The molecular formula is C22H29IN6O. The Morgan fingerprint density at radius 3 is 2.70 bits per heavy atom. The first-order chi connectivity index (χ1) is 14.2. The Kier molecular flexibility index (Phi) is 7.52. The molecular weight excluding hydrogens is 491 g/mol. The van der Waals surface area contributed by atoms with Crippen molar-refractivity contribution in [1.82, 2.24) is 10.3 Å². The van der Waals surface area contributed by atoms with E-state index in [9.17, 15) is 4.79 Å². The highest BCUT2D eigenvalue weighted by Crippen LogP contribution is 2.28. The first-order valence-corrected chi connectivity index (χ1v) is 10.2. The molecule has 1 fully saturated rings. The van der Waals surface area contributed by atoms with E-state index in [2.05, 4.69) is 55.4 Å².